The second-order valence-electron chi connectivity index (χ2n) is 5.79. The molecule has 0 saturated carbocycles. The summed E-state index contributed by atoms with van der Waals surface area (Å²) in [4.78, 5) is 16.8. The van der Waals surface area contributed by atoms with E-state index in [2.05, 4.69) is 10.3 Å². The number of rotatable bonds is 6. The zero-order chi connectivity index (χ0) is 18.5. The zero-order valence-corrected chi connectivity index (χ0v) is 15.7. The Kier molecular flexibility index (Phi) is 5.53. The third kappa shape index (κ3) is 4.21. The molecule has 1 amide bonds. The number of methoxy groups -OCH3 is 2. The van der Waals surface area contributed by atoms with Gasteiger partial charge in [-0.1, -0.05) is 12.1 Å². The number of hydrogen-bond donors (Lipinski definition) is 1. The zero-order valence-electron chi connectivity index (χ0n) is 14.9. The smallest absolute Gasteiger partial charge is 0.231 e. The number of aryl methyl sites for hydroxylation is 1. The molecule has 26 heavy (non-hydrogen) atoms. The molecule has 134 valence electrons. The maximum absolute atomic E-state index is 12.3. The summed E-state index contributed by atoms with van der Waals surface area (Å²) < 4.78 is 10.6. The van der Waals surface area contributed by atoms with Crippen molar-refractivity contribution in [3.05, 3.63) is 58.4 Å². The molecule has 2 aromatic carbocycles. The number of nitrogens with zero attached hydrogens (tertiary/aromatic N) is 1. The molecule has 1 heterocycles. The number of amides is 1. The molecule has 0 spiro atoms. The summed E-state index contributed by atoms with van der Waals surface area (Å²) in [6.07, 6.45) is 0.233. The van der Waals surface area contributed by atoms with Crippen molar-refractivity contribution in [2.24, 2.45) is 0 Å². The normalized spacial score (nSPS) is 10.4. The number of benzene rings is 2. The van der Waals surface area contributed by atoms with Crippen LogP contribution in [0.5, 0.6) is 11.5 Å². The summed E-state index contributed by atoms with van der Waals surface area (Å²) in [7, 11) is 3.23. The topological polar surface area (TPSA) is 60.5 Å². The summed E-state index contributed by atoms with van der Waals surface area (Å²) >= 11 is 1.46. The van der Waals surface area contributed by atoms with Crippen molar-refractivity contribution >= 4 is 22.9 Å². The SMILES string of the molecule is COc1ccc(-c2csc(CC(=O)Nc3cccc(C)c3)n2)c(OC)c1. The number of aromatic nitrogens is 1. The average Bonchev–Trinajstić information content (AvgIpc) is 3.09. The fourth-order valence-electron chi connectivity index (χ4n) is 2.59. The first kappa shape index (κ1) is 17.9. The predicted octanol–water partition coefficient (Wildman–Crippen LogP) is 4.32. The highest BCUT2D eigenvalue weighted by Gasteiger charge is 2.13. The van der Waals surface area contributed by atoms with Crippen molar-refractivity contribution in [3.63, 3.8) is 0 Å². The summed E-state index contributed by atoms with van der Waals surface area (Å²) in [6.45, 7) is 1.99. The number of carbonyl (C=O) groups is 1. The number of ether oxygens (including phenoxy) is 2. The molecule has 3 aromatic rings. The van der Waals surface area contributed by atoms with Gasteiger partial charge in [-0.05, 0) is 36.8 Å². The van der Waals surface area contributed by atoms with E-state index >= 15 is 0 Å². The molecule has 6 heteroatoms. The molecule has 0 atom stereocenters. The van der Waals surface area contributed by atoms with Crippen LogP contribution in [0.1, 0.15) is 10.6 Å². The number of anilines is 1. The van der Waals surface area contributed by atoms with Crippen molar-refractivity contribution in [1.29, 1.82) is 0 Å². The Bertz CT molecular complexity index is 921. The minimum absolute atomic E-state index is 0.0850. The lowest BCUT2D eigenvalue weighted by molar-refractivity contribution is -0.115. The summed E-state index contributed by atoms with van der Waals surface area (Å²) in [5, 5.41) is 5.59. The molecule has 5 nitrogen and oxygen atoms in total. The number of carbonyl (C=O) groups excluding carboxylic acids is 1. The third-order valence-corrected chi connectivity index (χ3v) is 4.70. The Hall–Kier alpha value is -2.86. The second-order valence-corrected chi connectivity index (χ2v) is 6.73. The minimum Gasteiger partial charge on any atom is -0.497 e. The van der Waals surface area contributed by atoms with Gasteiger partial charge in [0.1, 0.15) is 16.5 Å². The van der Waals surface area contributed by atoms with Crippen molar-refractivity contribution < 1.29 is 14.3 Å². The lowest BCUT2D eigenvalue weighted by atomic mass is 10.1. The average molecular weight is 368 g/mol. The fraction of sp³-hybridized carbons (Fsp3) is 0.200. The largest absolute Gasteiger partial charge is 0.497 e. The van der Waals surface area contributed by atoms with Crippen LogP contribution in [0, 0.1) is 6.92 Å². The lowest BCUT2D eigenvalue weighted by Gasteiger charge is -2.08. The van der Waals surface area contributed by atoms with Crippen LogP contribution in [0.15, 0.2) is 47.8 Å². The maximum atomic E-state index is 12.3. The first-order chi connectivity index (χ1) is 12.6. The lowest BCUT2D eigenvalue weighted by Crippen LogP contribution is -2.14. The second kappa shape index (κ2) is 8.01. The molecule has 0 saturated heterocycles. The Morgan fingerprint density at radius 3 is 2.73 bits per heavy atom. The summed E-state index contributed by atoms with van der Waals surface area (Å²) in [5.74, 6) is 1.32. The number of hydrogen-bond acceptors (Lipinski definition) is 5. The molecular weight excluding hydrogens is 348 g/mol. The van der Waals surface area contributed by atoms with Crippen LogP contribution in [-0.4, -0.2) is 25.1 Å². The van der Waals surface area contributed by atoms with Gasteiger partial charge in [0.25, 0.3) is 0 Å². The highest BCUT2D eigenvalue weighted by Crippen LogP contribution is 2.33. The highest BCUT2D eigenvalue weighted by atomic mass is 32.1. The van der Waals surface area contributed by atoms with Crippen LogP contribution in [-0.2, 0) is 11.2 Å². The predicted molar refractivity (Wildman–Crippen MR) is 104 cm³/mol. The summed E-state index contributed by atoms with van der Waals surface area (Å²) in [6, 6.07) is 13.3. The molecule has 0 radical (unpaired) electrons. The van der Waals surface area contributed by atoms with Crippen LogP contribution < -0.4 is 14.8 Å². The first-order valence-electron chi connectivity index (χ1n) is 8.12. The first-order valence-corrected chi connectivity index (χ1v) is 9.00. The fourth-order valence-corrected chi connectivity index (χ4v) is 3.38. The summed E-state index contributed by atoms with van der Waals surface area (Å²) in [5.41, 5.74) is 3.55. The van der Waals surface area contributed by atoms with Crippen LogP contribution in [0.2, 0.25) is 0 Å². The quantitative estimate of drug-likeness (QED) is 0.704. The van der Waals surface area contributed by atoms with E-state index in [-0.39, 0.29) is 12.3 Å². The van der Waals surface area contributed by atoms with Gasteiger partial charge in [0.2, 0.25) is 5.91 Å². The monoisotopic (exact) mass is 368 g/mol. The number of thiazole rings is 1. The van der Waals surface area contributed by atoms with Crippen molar-refractivity contribution in [1.82, 2.24) is 4.98 Å². The van der Waals surface area contributed by atoms with E-state index in [1.165, 1.54) is 11.3 Å². The minimum atomic E-state index is -0.0850. The Morgan fingerprint density at radius 1 is 1.15 bits per heavy atom. The molecule has 1 N–H and O–H groups in total. The van der Waals surface area contributed by atoms with Gasteiger partial charge in [0, 0.05) is 22.7 Å². The van der Waals surface area contributed by atoms with Gasteiger partial charge in [-0.15, -0.1) is 11.3 Å². The molecule has 1 aromatic heterocycles. The van der Waals surface area contributed by atoms with Crippen molar-refractivity contribution in [2.45, 2.75) is 13.3 Å². The van der Waals surface area contributed by atoms with Gasteiger partial charge in [-0.2, -0.15) is 0 Å². The Labute approximate surface area is 156 Å². The van der Waals surface area contributed by atoms with Gasteiger partial charge >= 0.3 is 0 Å². The van der Waals surface area contributed by atoms with Crippen LogP contribution in [0.4, 0.5) is 5.69 Å². The molecule has 0 aliphatic heterocycles. The van der Waals surface area contributed by atoms with E-state index in [0.717, 1.165) is 33.3 Å². The molecule has 0 aliphatic carbocycles. The Morgan fingerprint density at radius 2 is 2.00 bits per heavy atom. The van der Waals surface area contributed by atoms with E-state index in [1.54, 1.807) is 14.2 Å². The Balaban J connectivity index is 1.73. The molecule has 0 bridgehead atoms. The molecule has 0 fully saturated rings. The molecule has 0 aliphatic rings. The van der Waals surface area contributed by atoms with Crippen LogP contribution >= 0.6 is 11.3 Å². The van der Waals surface area contributed by atoms with Crippen LogP contribution in [0.25, 0.3) is 11.3 Å². The number of nitrogens with one attached hydrogen (secondary N) is 1. The standard InChI is InChI=1S/C20H20N2O3S/c1-13-5-4-6-14(9-13)21-19(23)11-20-22-17(12-26-20)16-8-7-15(24-2)10-18(16)25-3/h4-10,12H,11H2,1-3H3,(H,21,23). The maximum Gasteiger partial charge on any atom is 0.231 e. The molecule has 3 rings (SSSR count). The van der Waals surface area contributed by atoms with E-state index in [4.69, 9.17) is 9.47 Å². The molecule has 0 unspecified atom stereocenters. The van der Waals surface area contributed by atoms with E-state index in [0.29, 0.717) is 5.75 Å². The van der Waals surface area contributed by atoms with Gasteiger partial charge in [0.15, 0.2) is 0 Å². The van der Waals surface area contributed by atoms with E-state index < -0.39 is 0 Å². The highest BCUT2D eigenvalue weighted by molar-refractivity contribution is 7.10. The van der Waals surface area contributed by atoms with Crippen molar-refractivity contribution in [2.75, 3.05) is 19.5 Å². The van der Waals surface area contributed by atoms with E-state index in [9.17, 15) is 4.79 Å². The third-order valence-electron chi connectivity index (χ3n) is 3.85. The molecular formula is C20H20N2O3S. The van der Waals surface area contributed by atoms with Gasteiger partial charge in [0.05, 0.1) is 26.3 Å². The van der Waals surface area contributed by atoms with Gasteiger partial charge < -0.3 is 14.8 Å². The van der Waals surface area contributed by atoms with Gasteiger partial charge in [-0.25, -0.2) is 4.98 Å². The van der Waals surface area contributed by atoms with Gasteiger partial charge in [-0.3, -0.25) is 4.79 Å². The van der Waals surface area contributed by atoms with E-state index in [1.807, 2.05) is 54.8 Å². The van der Waals surface area contributed by atoms with Crippen molar-refractivity contribution in [3.8, 4) is 22.8 Å². The van der Waals surface area contributed by atoms with Crippen LogP contribution in [0.3, 0.4) is 0 Å².